The molecule has 0 spiro atoms. The smallest absolute Gasteiger partial charge is 0.166 e. The number of rotatable bonds is 11. The minimum atomic E-state index is -0.789. The molecule has 3 aromatic rings. The first kappa shape index (κ1) is 27.3. The highest BCUT2D eigenvalue weighted by atomic mass is 19.2. The molecule has 0 unspecified atom stereocenters. The van der Waals surface area contributed by atoms with Gasteiger partial charge < -0.3 is 9.47 Å². The maximum Gasteiger partial charge on any atom is 0.166 e. The van der Waals surface area contributed by atoms with E-state index in [0.717, 1.165) is 50.7 Å². The number of unbranched alkanes of at least 4 members (excludes halogenated alkanes) is 1. The highest BCUT2D eigenvalue weighted by Gasteiger charge is 2.27. The molecule has 5 heteroatoms. The van der Waals surface area contributed by atoms with Crippen LogP contribution in [0.15, 0.2) is 54.6 Å². The van der Waals surface area contributed by atoms with Crippen molar-refractivity contribution in [3.63, 3.8) is 0 Å². The minimum Gasteiger partial charge on any atom is -0.494 e. The number of benzene rings is 3. The zero-order valence-electron chi connectivity index (χ0n) is 21.9. The molecule has 1 aliphatic carbocycles. The Labute approximate surface area is 218 Å². The normalized spacial score (nSPS) is 17.6. The lowest BCUT2D eigenvalue weighted by molar-refractivity contribution is 0.0230. The summed E-state index contributed by atoms with van der Waals surface area (Å²) in [6, 6.07) is 15.8. The largest absolute Gasteiger partial charge is 0.494 e. The van der Waals surface area contributed by atoms with Crippen molar-refractivity contribution in [3.8, 4) is 16.9 Å². The summed E-state index contributed by atoms with van der Waals surface area (Å²) < 4.78 is 55.9. The van der Waals surface area contributed by atoms with Crippen LogP contribution in [0, 0.1) is 17.5 Å². The van der Waals surface area contributed by atoms with E-state index in [4.69, 9.17) is 9.47 Å². The van der Waals surface area contributed by atoms with E-state index in [1.807, 2.05) is 19.1 Å². The van der Waals surface area contributed by atoms with Gasteiger partial charge >= 0.3 is 0 Å². The Morgan fingerprint density at radius 2 is 1.57 bits per heavy atom. The standard InChI is InChI=1S/C32H37F3O2/c1-3-5-20-37-26-15-12-24(13-16-26)29-19-18-28(31(34)32(29)35)23-9-6-22(7-10-23)8-11-25-14-17-27(36-4-2)21-30(25)33/h6-7,9-10,14,17-19,21,24,26H,3-5,8,11-13,15-16,20H2,1-2H3. The van der Waals surface area contributed by atoms with Crippen LogP contribution in [0.2, 0.25) is 0 Å². The Morgan fingerprint density at radius 1 is 0.811 bits per heavy atom. The van der Waals surface area contributed by atoms with Crippen LogP contribution in [-0.4, -0.2) is 19.3 Å². The van der Waals surface area contributed by atoms with Gasteiger partial charge in [-0.1, -0.05) is 55.8 Å². The quantitative estimate of drug-likeness (QED) is 0.240. The third-order valence-electron chi connectivity index (χ3n) is 7.36. The van der Waals surface area contributed by atoms with E-state index >= 15 is 8.78 Å². The molecule has 0 atom stereocenters. The van der Waals surface area contributed by atoms with Gasteiger partial charge in [0, 0.05) is 18.2 Å². The van der Waals surface area contributed by atoms with Crippen LogP contribution in [0.3, 0.4) is 0 Å². The van der Waals surface area contributed by atoms with E-state index < -0.39 is 11.6 Å². The summed E-state index contributed by atoms with van der Waals surface area (Å²) in [6.07, 6.45) is 7.00. The fraction of sp³-hybridized carbons (Fsp3) is 0.438. The predicted octanol–water partition coefficient (Wildman–Crippen LogP) is 8.80. The number of halogens is 3. The maximum absolute atomic E-state index is 15.1. The minimum absolute atomic E-state index is 0.0277. The van der Waals surface area contributed by atoms with Gasteiger partial charge in [-0.05, 0) is 86.1 Å². The highest BCUT2D eigenvalue weighted by molar-refractivity contribution is 5.65. The van der Waals surface area contributed by atoms with Crippen molar-refractivity contribution in [2.75, 3.05) is 13.2 Å². The Morgan fingerprint density at radius 3 is 2.24 bits per heavy atom. The maximum atomic E-state index is 15.1. The molecule has 0 radical (unpaired) electrons. The summed E-state index contributed by atoms with van der Waals surface area (Å²) >= 11 is 0. The zero-order valence-corrected chi connectivity index (χ0v) is 21.9. The zero-order chi connectivity index (χ0) is 26.2. The first-order valence-electron chi connectivity index (χ1n) is 13.6. The van der Waals surface area contributed by atoms with Gasteiger partial charge in [-0.2, -0.15) is 0 Å². The second-order valence-corrected chi connectivity index (χ2v) is 9.91. The van der Waals surface area contributed by atoms with Crippen molar-refractivity contribution < 1.29 is 22.6 Å². The van der Waals surface area contributed by atoms with Crippen LogP contribution >= 0.6 is 0 Å². The molecule has 4 rings (SSSR count). The average molecular weight is 511 g/mol. The Hall–Kier alpha value is -2.79. The molecule has 1 aliphatic rings. The number of hydrogen-bond acceptors (Lipinski definition) is 2. The van der Waals surface area contributed by atoms with E-state index in [2.05, 4.69) is 6.92 Å². The van der Waals surface area contributed by atoms with E-state index in [-0.39, 0.29) is 23.4 Å². The van der Waals surface area contributed by atoms with Crippen LogP contribution in [0.4, 0.5) is 13.2 Å². The van der Waals surface area contributed by atoms with E-state index in [1.165, 1.54) is 6.07 Å². The third kappa shape index (κ3) is 6.95. The van der Waals surface area contributed by atoms with Crippen LogP contribution < -0.4 is 4.74 Å². The van der Waals surface area contributed by atoms with Crippen LogP contribution in [-0.2, 0) is 17.6 Å². The SMILES string of the molecule is CCCCOC1CCC(c2ccc(-c3ccc(CCc4ccc(OCC)cc4F)cc3)c(F)c2F)CC1. The number of aryl methyl sites for hydroxylation is 2. The van der Waals surface area contributed by atoms with Gasteiger partial charge in [0.1, 0.15) is 11.6 Å². The molecule has 0 amide bonds. The fourth-order valence-corrected chi connectivity index (χ4v) is 5.15. The molecule has 0 saturated heterocycles. The summed E-state index contributed by atoms with van der Waals surface area (Å²) in [5.41, 5.74) is 3.00. The third-order valence-corrected chi connectivity index (χ3v) is 7.36. The number of ether oxygens (including phenoxy) is 2. The molecule has 3 aromatic carbocycles. The van der Waals surface area contributed by atoms with Gasteiger partial charge in [0.25, 0.3) is 0 Å². The van der Waals surface area contributed by atoms with Gasteiger partial charge in [-0.3, -0.25) is 0 Å². The Balaban J connectivity index is 1.37. The molecule has 2 nitrogen and oxygen atoms in total. The molecule has 0 aliphatic heterocycles. The van der Waals surface area contributed by atoms with E-state index in [0.29, 0.717) is 41.9 Å². The molecule has 37 heavy (non-hydrogen) atoms. The molecule has 198 valence electrons. The first-order chi connectivity index (χ1) is 18.0. The summed E-state index contributed by atoms with van der Waals surface area (Å²) in [7, 11) is 0. The van der Waals surface area contributed by atoms with Crippen molar-refractivity contribution in [2.24, 2.45) is 0 Å². The van der Waals surface area contributed by atoms with Crippen molar-refractivity contribution in [3.05, 3.63) is 88.7 Å². The molecule has 0 N–H and O–H groups in total. The summed E-state index contributed by atoms with van der Waals surface area (Å²) in [4.78, 5) is 0. The first-order valence-corrected chi connectivity index (χ1v) is 13.6. The molecule has 0 aromatic heterocycles. The van der Waals surface area contributed by atoms with E-state index in [9.17, 15) is 4.39 Å². The average Bonchev–Trinajstić information content (AvgIpc) is 2.91. The van der Waals surface area contributed by atoms with Crippen LogP contribution in [0.5, 0.6) is 5.75 Å². The molecule has 1 saturated carbocycles. The molecule has 0 heterocycles. The topological polar surface area (TPSA) is 18.5 Å². The van der Waals surface area contributed by atoms with E-state index in [1.54, 1.807) is 36.4 Å². The monoisotopic (exact) mass is 510 g/mol. The van der Waals surface area contributed by atoms with Crippen molar-refractivity contribution in [1.29, 1.82) is 0 Å². The molecular weight excluding hydrogens is 473 g/mol. The summed E-state index contributed by atoms with van der Waals surface area (Å²) in [5.74, 6) is -1.25. The van der Waals surface area contributed by atoms with Crippen molar-refractivity contribution in [1.82, 2.24) is 0 Å². The molecular formula is C32H37F3O2. The lowest BCUT2D eigenvalue weighted by Gasteiger charge is -2.29. The highest BCUT2D eigenvalue weighted by Crippen LogP contribution is 2.38. The number of hydrogen-bond donors (Lipinski definition) is 0. The Kier molecular flexibility index (Phi) is 9.68. The summed E-state index contributed by atoms with van der Waals surface area (Å²) in [6.45, 7) is 5.28. The van der Waals surface area contributed by atoms with Crippen LogP contribution in [0.1, 0.15) is 75.0 Å². The fourth-order valence-electron chi connectivity index (χ4n) is 5.15. The lowest BCUT2D eigenvalue weighted by atomic mass is 9.82. The van der Waals surface area contributed by atoms with Crippen LogP contribution in [0.25, 0.3) is 11.1 Å². The predicted molar refractivity (Wildman–Crippen MR) is 143 cm³/mol. The van der Waals surface area contributed by atoms with Gasteiger partial charge in [-0.25, -0.2) is 13.2 Å². The van der Waals surface area contributed by atoms with Crippen molar-refractivity contribution in [2.45, 2.75) is 77.2 Å². The van der Waals surface area contributed by atoms with Gasteiger partial charge in [0.15, 0.2) is 11.6 Å². The van der Waals surface area contributed by atoms with Gasteiger partial charge in [-0.15, -0.1) is 0 Å². The van der Waals surface area contributed by atoms with Gasteiger partial charge in [0.05, 0.1) is 12.7 Å². The van der Waals surface area contributed by atoms with Gasteiger partial charge in [0.2, 0.25) is 0 Å². The second-order valence-electron chi connectivity index (χ2n) is 9.91. The second kappa shape index (κ2) is 13.1. The van der Waals surface area contributed by atoms with Crippen molar-refractivity contribution >= 4 is 0 Å². The summed E-state index contributed by atoms with van der Waals surface area (Å²) in [5, 5.41) is 0. The molecule has 0 bridgehead atoms. The lowest BCUT2D eigenvalue weighted by Crippen LogP contribution is -2.22. The Bertz CT molecular complexity index is 1150. The molecule has 1 fully saturated rings.